The molecule has 19 heavy (non-hydrogen) atoms. The Morgan fingerprint density at radius 2 is 2.21 bits per heavy atom. The molecule has 6 nitrogen and oxygen atoms in total. The third-order valence-corrected chi connectivity index (χ3v) is 3.74. The lowest BCUT2D eigenvalue weighted by atomic mass is 10.1. The van der Waals surface area contributed by atoms with Gasteiger partial charge in [-0.2, -0.15) is 0 Å². The van der Waals surface area contributed by atoms with E-state index in [1.54, 1.807) is 0 Å². The van der Waals surface area contributed by atoms with Crippen LogP contribution in [0.2, 0.25) is 0 Å². The maximum atomic E-state index is 5.66. The van der Waals surface area contributed by atoms with Gasteiger partial charge in [-0.1, -0.05) is 11.8 Å². The van der Waals surface area contributed by atoms with E-state index in [4.69, 9.17) is 10.6 Å². The average molecular weight is 283 g/mol. The number of anilines is 2. The van der Waals surface area contributed by atoms with Crippen molar-refractivity contribution >= 4 is 23.4 Å². The van der Waals surface area contributed by atoms with Crippen molar-refractivity contribution in [2.45, 2.75) is 31.0 Å². The lowest BCUT2D eigenvalue weighted by molar-refractivity contribution is 0.0458. The van der Waals surface area contributed by atoms with Crippen LogP contribution < -0.4 is 16.2 Å². The largest absolute Gasteiger partial charge is 0.378 e. The molecule has 0 aliphatic carbocycles. The van der Waals surface area contributed by atoms with Crippen molar-refractivity contribution in [3.05, 3.63) is 6.07 Å². The van der Waals surface area contributed by atoms with Crippen molar-refractivity contribution in [1.82, 2.24) is 9.97 Å². The Bertz CT molecular complexity index is 387. The molecule has 1 saturated heterocycles. The fourth-order valence-electron chi connectivity index (χ4n) is 2.23. The van der Waals surface area contributed by atoms with Crippen molar-refractivity contribution in [1.29, 1.82) is 0 Å². The quantitative estimate of drug-likeness (QED) is 0.367. The molecule has 1 aromatic rings. The van der Waals surface area contributed by atoms with Crippen LogP contribution in [0.5, 0.6) is 0 Å². The molecule has 1 aliphatic heterocycles. The molecule has 1 fully saturated rings. The summed E-state index contributed by atoms with van der Waals surface area (Å²) in [5.41, 5.74) is 2.59. The lowest BCUT2D eigenvalue weighted by Gasteiger charge is -2.32. The van der Waals surface area contributed by atoms with Gasteiger partial charge in [0.1, 0.15) is 11.6 Å². The number of hydrogen-bond donors (Lipinski definition) is 2. The maximum Gasteiger partial charge on any atom is 0.191 e. The molecule has 0 saturated carbocycles. The number of nitrogen functional groups attached to an aromatic ring is 1. The Morgan fingerprint density at radius 3 is 2.79 bits per heavy atom. The summed E-state index contributed by atoms with van der Waals surface area (Å²) in [5.74, 6) is 7.03. The first-order chi connectivity index (χ1) is 9.26. The summed E-state index contributed by atoms with van der Waals surface area (Å²) in [7, 11) is 0. The van der Waals surface area contributed by atoms with Crippen LogP contribution in [-0.2, 0) is 4.74 Å². The summed E-state index contributed by atoms with van der Waals surface area (Å²) in [6.07, 6.45) is 4.42. The standard InChI is InChI=1S/C12H21N5OS/c1-3-18-9-4-6-17(7-5-9)11-8-10(16-13)14-12(15-11)19-2/h8-9H,3-7,13H2,1-2H3,(H,14,15,16). The van der Waals surface area contributed by atoms with Gasteiger partial charge in [0, 0.05) is 25.8 Å². The summed E-state index contributed by atoms with van der Waals surface area (Å²) in [6.45, 7) is 4.75. The van der Waals surface area contributed by atoms with Crippen LogP contribution >= 0.6 is 11.8 Å². The molecule has 0 atom stereocenters. The van der Waals surface area contributed by atoms with Gasteiger partial charge < -0.3 is 15.1 Å². The summed E-state index contributed by atoms with van der Waals surface area (Å²) < 4.78 is 5.66. The van der Waals surface area contributed by atoms with Gasteiger partial charge in [0.25, 0.3) is 0 Å². The second kappa shape index (κ2) is 6.93. The van der Waals surface area contributed by atoms with Gasteiger partial charge in [-0.25, -0.2) is 15.8 Å². The van der Waals surface area contributed by atoms with Crippen molar-refractivity contribution in [3.8, 4) is 0 Å². The van der Waals surface area contributed by atoms with E-state index in [1.165, 1.54) is 11.8 Å². The monoisotopic (exact) mass is 283 g/mol. The van der Waals surface area contributed by atoms with Gasteiger partial charge in [0.15, 0.2) is 5.16 Å². The molecule has 1 aromatic heterocycles. The molecule has 0 bridgehead atoms. The highest BCUT2D eigenvalue weighted by molar-refractivity contribution is 7.98. The second-order valence-electron chi connectivity index (χ2n) is 4.38. The van der Waals surface area contributed by atoms with Crippen molar-refractivity contribution < 1.29 is 4.74 Å². The van der Waals surface area contributed by atoms with Crippen molar-refractivity contribution in [3.63, 3.8) is 0 Å². The molecule has 0 radical (unpaired) electrons. The number of aromatic nitrogens is 2. The smallest absolute Gasteiger partial charge is 0.191 e. The first-order valence-electron chi connectivity index (χ1n) is 6.53. The van der Waals surface area contributed by atoms with E-state index in [0.29, 0.717) is 11.9 Å². The summed E-state index contributed by atoms with van der Waals surface area (Å²) in [5, 5.41) is 0.734. The third-order valence-electron chi connectivity index (χ3n) is 3.19. The summed E-state index contributed by atoms with van der Waals surface area (Å²) in [6, 6.07) is 1.89. The molecule has 0 aromatic carbocycles. The van der Waals surface area contributed by atoms with E-state index < -0.39 is 0 Å². The number of ether oxygens (including phenoxy) is 1. The Balaban J connectivity index is 2.06. The highest BCUT2D eigenvalue weighted by Gasteiger charge is 2.21. The summed E-state index contributed by atoms with van der Waals surface area (Å²) >= 11 is 1.52. The van der Waals surface area contributed by atoms with E-state index >= 15 is 0 Å². The van der Waals surface area contributed by atoms with E-state index in [0.717, 1.165) is 43.5 Å². The van der Waals surface area contributed by atoms with Gasteiger partial charge >= 0.3 is 0 Å². The van der Waals surface area contributed by atoms with E-state index in [2.05, 4.69) is 20.3 Å². The fraction of sp³-hybridized carbons (Fsp3) is 0.667. The second-order valence-corrected chi connectivity index (χ2v) is 5.16. The molecule has 1 aliphatic rings. The molecule has 0 unspecified atom stereocenters. The third kappa shape index (κ3) is 3.71. The van der Waals surface area contributed by atoms with Crippen LogP contribution in [0.1, 0.15) is 19.8 Å². The summed E-state index contributed by atoms with van der Waals surface area (Å²) in [4.78, 5) is 11.1. The zero-order chi connectivity index (χ0) is 13.7. The minimum Gasteiger partial charge on any atom is -0.378 e. The van der Waals surface area contributed by atoms with Gasteiger partial charge in [-0.15, -0.1) is 0 Å². The van der Waals surface area contributed by atoms with Crippen molar-refractivity contribution in [2.75, 3.05) is 36.3 Å². The lowest BCUT2D eigenvalue weighted by Crippen LogP contribution is -2.37. The van der Waals surface area contributed by atoms with E-state index in [1.807, 2.05) is 19.2 Å². The van der Waals surface area contributed by atoms with Gasteiger partial charge in [-0.3, -0.25) is 0 Å². The SMILES string of the molecule is CCOC1CCN(c2cc(NN)nc(SC)n2)CC1. The topological polar surface area (TPSA) is 76.3 Å². The number of hydrazine groups is 1. The molecule has 2 rings (SSSR count). The minimum absolute atomic E-state index is 0.384. The van der Waals surface area contributed by atoms with Crippen LogP contribution in [0.15, 0.2) is 11.2 Å². The highest BCUT2D eigenvalue weighted by Crippen LogP contribution is 2.23. The van der Waals surface area contributed by atoms with Gasteiger partial charge in [-0.05, 0) is 26.0 Å². The van der Waals surface area contributed by atoms with Crippen LogP contribution in [0.3, 0.4) is 0 Å². The predicted octanol–water partition coefficient (Wildman–Crippen LogP) is 1.49. The Labute approximate surface area is 118 Å². The average Bonchev–Trinajstić information content (AvgIpc) is 2.47. The Kier molecular flexibility index (Phi) is 5.24. The van der Waals surface area contributed by atoms with Crippen LogP contribution in [0, 0.1) is 0 Å². The minimum atomic E-state index is 0.384. The zero-order valence-electron chi connectivity index (χ0n) is 11.4. The molecular weight excluding hydrogens is 262 g/mol. The maximum absolute atomic E-state index is 5.66. The first kappa shape index (κ1) is 14.4. The van der Waals surface area contributed by atoms with Gasteiger partial charge in [0.2, 0.25) is 0 Å². The molecule has 7 heteroatoms. The Morgan fingerprint density at radius 1 is 1.47 bits per heavy atom. The molecule has 0 amide bonds. The number of piperidine rings is 1. The van der Waals surface area contributed by atoms with Crippen LogP contribution in [0.4, 0.5) is 11.6 Å². The fourth-order valence-corrected chi connectivity index (χ4v) is 2.60. The number of nitrogens with two attached hydrogens (primary N) is 1. The Hall–Kier alpha value is -1.05. The molecule has 2 heterocycles. The normalized spacial score (nSPS) is 16.7. The number of nitrogens with one attached hydrogen (secondary N) is 1. The van der Waals surface area contributed by atoms with E-state index in [9.17, 15) is 0 Å². The van der Waals surface area contributed by atoms with Crippen LogP contribution in [0.25, 0.3) is 0 Å². The number of thioether (sulfide) groups is 1. The number of rotatable bonds is 5. The van der Waals surface area contributed by atoms with Crippen molar-refractivity contribution in [2.24, 2.45) is 5.84 Å². The highest BCUT2D eigenvalue weighted by atomic mass is 32.2. The molecular formula is C12H21N5OS. The molecule has 0 spiro atoms. The number of nitrogens with zero attached hydrogens (tertiary/aromatic N) is 3. The molecule has 106 valence electrons. The van der Waals surface area contributed by atoms with Gasteiger partial charge in [0.05, 0.1) is 6.10 Å². The number of hydrogen-bond acceptors (Lipinski definition) is 7. The van der Waals surface area contributed by atoms with Crippen LogP contribution in [-0.4, -0.2) is 42.0 Å². The zero-order valence-corrected chi connectivity index (χ0v) is 12.2. The first-order valence-corrected chi connectivity index (χ1v) is 7.75. The predicted molar refractivity (Wildman–Crippen MR) is 78.5 cm³/mol. The van der Waals surface area contributed by atoms with E-state index in [-0.39, 0.29) is 0 Å². The molecule has 3 N–H and O–H groups in total.